The number of pyridine rings is 1. The van der Waals surface area contributed by atoms with E-state index in [2.05, 4.69) is 15.2 Å². The van der Waals surface area contributed by atoms with Crippen molar-refractivity contribution >= 4 is 27.5 Å². The third kappa shape index (κ3) is 4.65. The van der Waals surface area contributed by atoms with Gasteiger partial charge in [0.15, 0.2) is 0 Å². The molecule has 0 aliphatic carbocycles. The van der Waals surface area contributed by atoms with Gasteiger partial charge in [0.25, 0.3) is 5.91 Å². The maximum absolute atomic E-state index is 13.0. The molecule has 0 bridgehead atoms. The molecule has 1 aliphatic heterocycles. The Kier molecular flexibility index (Phi) is 6.11. The molecule has 1 aromatic carbocycles. The van der Waals surface area contributed by atoms with E-state index in [4.69, 9.17) is 11.6 Å². The van der Waals surface area contributed by atoms with Gasteiger partial charge in [-0.05, 0) is 42.9 Å². The lowest BCUT2D eigenvalue weighted by atomic mass is 10.2. The Hall–Kier alpha value is -2.00. The van der Waals surface area contributed by atoms with Crippen LogP contribution in [0.3, 0.4) is 0 Å². The summed E-state index contributed by atoms with van der Waals surface area (Å²) in [5.41, 5.74) is 1.15. The van der Waals surface area contributed by atoms with Gasteiger partial charge in [-0.25, -0.2) is 8.42 Å². The number of rotatable bonds is 5. The third-order valence-electron chi connectivity index (χ3n) is 4.48. The Bertz CT molecular complexity index is 913. The molecule has 2 aromatic rings. The summed E-state index contributed by atoms with van der Waals surface area (Å²) >= 11 is 6.15. The zero-order chi connectivity index (χ0) is 19.4. The molecule has 9 heteroatoms. The minimum absolute atomic E-state index is 0.0368. The van der Waals surface area contributed by atoms with Crippen LogP contribution in [0.4, 0.5) is 0 Å². The molecule has 0 saturated carbocycles. The zero-order valence-corrected chi connectivity index (χ0v) is 16.5. The van der Waals surface area contributed by atoms with Crippen molar-refractivity contribution in [3.8, 4) is 0 Å². The Morgan fingerprint density at radius 2 is 1.81 bits per heavy atom. The SMILES string of the molecule is CN1CCN(S(=O)(=O)c2cc(C(=O)NCc3ccncc3)ccc2Cl)CC1. The number of halogens is 1. The fourth-order valence-corrected chi connectivity index (χ4v) is 4.72. The van der Waals surface area contributed by atoms with Crippen LogP contribution in [0.2, 0.25) is 5.02 Å². The summed E-state index contributed by atoms with van der Waals surface area (Å²) in [5, 5.41) is 2.88. The third-order valence-corrected chi connectivity index (χ3v) is 6.86. The normalized spacial score (nSPS) is 16.2. The maximum Gasteiger partial charge on any atom is 0.251 e. The number of carbonyl (C=O) groups excluding carboxylic acids is 1. The number of hydrogen-bond acceptors (Lipinski definition) is 5. The summed E-state index contributed by atoms with van der Waals surface area (Å²) in [6.07, 6.45) is 3.29. The van der Waals surface area contributed by atoms with Gasteiger partial charge in [-0.1, -0.05) is 11.6 Å². The number of nitrogens with zero attached hydrogens (tertiary/aromatic N) is 3. The Balaban J connectivity index is 1.78. The number of benzene rings is 1. The molecule has 27 heavy (non-hydrogen) atoms. The van der Waals surface area contributed by atoms with Crippen molar-refractivity contribution in [1.29, 1.82) is 0 Å². The summed E-state index contributed by atoms with van der Waals surface area (Å²) in [7, 11) is -1.80. The highest BCUT2D eigenvalue weighted by molar-refractivity contribution is 7.89. The number of piperazine rings is 1. The van der Waals surface area contributed by atoms with Crippen molar-refractivity contribution in [1.82, 2.24) is 19.5 Å². The number of hydrogen-bond donors (Lipinski definition) is 1. The monoisotopic (exact) mass is 408 g/mol. The van der Waals surface area contributed by atoms with E-state index >= 15 is 0 Å². The van der Waals surface area contributed by atoms with Crippen LogP contribution < -0.4 is 5.32 Å². The Labute approximate surface area is 164 Å². The lowest BCUT2D eigenvalue weighted by molar-refractivity contribution is 0.0950. The number of aromatic nitrogens is 1. The molecule has 7 nitrogen and oxygen atoms in total. The van der Waals surface area contributed by atoms with Crippen LogP contribution in [-0.2, 0) is 16.6 Å². The van der Waals surface area contributed by atoms with Gasteiger partial charge in [-0.15, -0.1) is 0 Å². The van der Waals surface area contributed by atoms with Crippen LogP contribution in [0.25, 0.3) is 0 Å². The van der Waals surface area contributed by atoms with E-state index in [1.54, 1.807) is 24.5 Å². The van der Waals surface area contributed by atoms with Crippen LogP contribution in [0, 0.1) is 0 Å². The topological polar surface area (TPSA) is 82.6 Å². The van der Waals surface area contributed by atoms with Crippen LogP contribution >= 0.6 is 11.6 Å². The van der Waals surface area contributed by atoms with Gasteiger partial charge >= 0.3 is 0 Å². The number of nitrogens with one attached hydrogen (secondary N) is 1. The van der Waals surface area contributed by atoms with E-state index in [-0.39, 0.29) is 21.4 Å². The second kappa shape index (κ2) is 8.35. The van der Waals surface area contributed by atoms with E-state index in [9.17, 15) is 13.2 Å². The highest BCUT2D eigenvalue weighted by Crippen LogP contribution is 2.26. The van der Waals surface area contributed by atoms with E-state index in [0.717, 1.165) is 5.56 Å². The first-order valence-electron chi connectivity index (χ1n) is 8.53. The van der Waals surface area contributed by atoms with Gasteiger partial charge in [0, 0.05) is 50.7 Å². The van der Waals surface area contributed by atoms with Crippen molar-refractivity contribution in [2.45, 2.75) is 11.4 Å². The fourth-order valence-electron chi connectivity index (χ4n) is 2.79. The minimum Gasteiger partial charge on any atom is -0.348 e. The van der Waals surface area contributed by atoms with Gasteiger partial charge in [0.2, 0.25) is 10.0 Å². The second-order valence-corrected chi connectivity index (χ2v) is 8.70. The molecule has 0 radical (unpaired) electrons. The Morgan fingerprint density at radius 3 is 2.48 bits per heavy atom. The first kappa shape index (κ1) is 19.8. The Morgan fingerprint density at radius 1 is 1.15 bits per heavy atom. The summed E-state index contributed by atoms with van der Waals surface area (Å²) in [6.45, 7) is 2.43. The molecule has 1 amide bonds. The average molecular weight is 409 g/mol. The van der Waals surface area contributed by atoms with Crippen molar-refractivity contribution < 1.29 is 13.2 Å². The van der Waals surface area contributed by atoms with E-state index in [1.807, 2.05) is 7.05 Å². The summed E-state index contributed by atoms with van der Waals surface area (Å²) in [5.74, 6) is -0.363. The van der Waals surface area contributed by atoms with Gasteiger partial charge in [0.05, 0.1) is 5.02 Å². The van der Waals surface area contributed by atoms with Crippen molar-refractivity contribution in [3.63, 3.8) is 0 Å². The van der Waals surface area contributed by atoms with Gasteiger partial charge in [-0.3, -0.25) is 9.78 Å². The predicted molar refractivity (Wildman–Crippen MR) is 103 cm³/mol. The first-order valence-corrected chi connectivity index (χ1v) is 10.3. The van der Waals surface area contributed by atoms with E-state index in [0.29, 0.717) is 32.7 Å². The summed E-state index contributed by atoms with van der Waals surface area (Å²) < 4.78 is 27.3. The molecule has 3 rings (SSSR count). The smallest absolute Gasteiger partial charge is 0.251 e. The molecule has 0 atom stereocenters. The van der Waals surface area contributed by atoms with Gasteiger partial charge < -0.3 is 10.2 Å². The molecular formula is C18H21ClN4O3S. The second-order valence-electron chi connectivity index (χ2n) is 6.39. The largest absolute Gasteiger partial charge is 0.348 e. The molecular weight excluding hydrogens is 388 g/mol. The van der Waals surface area contributed by atoms with Gasteiger partial charge in [-0.2, -0.15) is 4.31 Å². The minimum atomic E-state index is -3.75. The summed E-state index contributed by atoms with van der Waals surface area (Å²) in [4.78, 5) is 18.4. The quantitative estimate of drug-likeness (QED) is 0.812. The molecule has 2 heterocycles. The number of sulfonamides is 1. The predicted octanol–water partition coefficient (Wildman–Crippen LogP) is 1.60. The number of carbonyl (C=O) groups is 1. The lowest BCUT2D eigenvalue weighted by Crippen LogP contribution is -2.47. The standard InChI is InChI=1S/C18H21ClN4O3S/c1-22-8-10-23(11-9-22)27(25,26)17-12-15(2-3-16(17)19)18(24)21-13-14-4-6-20-7-5-14/h2-7,12H,8-11,13H2,1H3,(H,21,24). The van der Waals surface area contributed by atoms with E-state index in [1.165, 1.54) is 22.5 Å². The maximum atomic E-state index is 13.0. The molecule has 1 saturated heterocycles. The molecule has 0 spiro atoms. The van der Waals surface area contributed by atoms with Crippen LogP contribution in [0.1, 0.15) is 15.9 Å². The van der Waals surface area contributed by atoms with Crippen LogP contribution in [0.15, 0.2) is 47.6 Å². The van der Waals surface area contributed by atoms with Crippen molar-refractivity contribution in [2.24, 2.45) is 0 Å². The number of amides is 1. The molecule has 144 valence electrons. The van der Waals surface area contributed by atoms with Crippen molar-refractivity contribution in [3.05, 3.63) is 58.9 Å². The first-order chi connectivity index (χ1) is 12.9. The van der Waals surface area contributed by atoms with Crippen LogP contribution in [-0.4, -0.2) is 61.7 Å². The summed E-state index contributed by atoms with van der Waals surface area (Å²) in [6, 6.07) is 7.91. The molecule has 1 N–H and O–H groups in total. The molecule has 0 unspecified atom stereocenters. The highest BCUT2D eigenvalue weighted by atomic mass is 35.5. The number of likely N-dealkylation sites (N-methyl/N-ethyl adjacent to an activating group) is 1. The molecule has 1 aliphatic rings. The van der Waals surface area contributed by atoms with Crippen LogP contribution in [0.5, 0.6) is 0 Å². The van der Waals surface area contributed by atoms with E-state index < -0.39 is 10.0 Å². The van der Waals surface area contributed by atoms with Gasteiger partial charge in [0.1, 0.15) is 4.90 Å². The average Bonchev–Trinajstić information content (AvgIpc) is 2.67. The lowest BCUT2D eigenvalue weighted by Gasteiger charge is -2.31. The fraction of sp³-hybridized carbons (Fsp3) is 0.333. The highest BCUT2D eigenvalue weighted by Gasteiger charge is 2.29. The molecule has 1 fully saturated rings. The van der Waals surface area contributed by atoms with Crippen molar-refractivity contribution in [2.75, 3.05) is 33.2 Å². The zero-order valence-electron chi connectivity index (χ0n) is 14.9. The molecule has 1 aromatic heterocycles.